The van der Waals surface area contributed by atoms with Gasteiger partial charge in [0, 0.05) is 5.69 Å². The van der Waals surface area contributed by atoms with Crippen LogP contribution in [0.1, 0.15) is 23.6 Å². The lowest BCUT2D eigenvalue weighted by Crippen LogP contribution is -2.25. The van der Waals surface area contributed by atoms with Crippen LogP contribution >= 0.6 is 12.2 Å². The van der Waals surface area contributed by atoms with E-state index in [1.54, 1.807) is 0 Å². The number of aryl methyl sites for hydroxylation is 2. The molecular weight excluding hydrogens is 278 g/mol. The zero-order chi connectivity index (χ0) is 15.2. The lowest BCUT2D eigenvalue weighted by atomic mass is 10.1. The van der Waals surface area contributed by atoms with Gasteiger partial charge in [0.25, 0.3) is 0 Å². The lowest BCUT2D eigenvalue weighted by molar-refractivity contribution is 1.04. The third kappa shape index (κ3) is 4.39. The normalized spacial score (nSPS) is 11.1. The molecule has 0 radical (unpaired) electrons. The minimum Gasteiger partial charge on any atom is -0.331 e. The zero-order valence-corrected chi connectivity index (χ0v) is 13.3. The van der Waals surface area contributed by atoms with E-state index in [0.717, 1.165) is 22.5 Å². The second-order valence-electron chi connectivity index (χ2n) is 4.94. The predicted octanol–water partition coefficient (Wildman–Crippen LogP) is 4.01. The molecular formula is C17H19N3S. The Morgan fingerprint density at radius 2 is 1.67 bits per heavy atom. The van der Waals surface area contributed by atoms with Crippen molar-refractivity contribution >= 4 is 28.7 Å². The van der Waals surface area contributed by atoms with Gasteiger partial charge in [0.1, 0.15) is 0 Å². The Kier molecular flexibility index (Phi) is 5.06. The molecule has 0 unspecified atom stereocenters. The first-order valence-electron chi connectivity index (χ1n) is 6.80. The van der Waals surface area contributed by atoms with Crippen LogP contribution in [0.3, 0.4) is 0 Å². The van der Waals surface area contributed by atoms with Gasteiger partial charge in [-0.3, -0.25) is 5.43 Å². The van der Waals surface area contributed by atoms with Crippen molar-refractivity contribution in [2.75, 3.05) is 5.32 Å². The summed E-state index contributed by atoms with van der Waals surface area (Å²) in [4.78, 5) is 0. The van der Waals surface area contributed by atoms with Gasteiger partial charge in [-0.15, -0.1) is 0 Å². The molecule has 0 heterocycles. The van der Waals surface area contributed by atoms with Crippen molar-refractivity contribution in [3.8, 4) is 0 Å². The maximum Gasteiger partial charge on any atom is 0.191 e. The number of thiocarbonyl (C=S) groups is 1. The van der Waals surface area contributed by atoms with E-state index in [-0.39, 0.29) is 0 Å². The molecule has 2 aromatic carbocycles. The van der Waals surface area contributed by atoms with Crippen molar-refractivity contribution in [3.63, 3.8) is 0 Å². The molecule has 0 saturated carbocycles. The van der Waals surface area contributed by atoms with E-state index in [1.165, 1.54) is 5.56 Å². The number of nitrogens with one attached hydrogen (secondary N) is 2. The summed E-state index contributed by atoms with van der Waals surface area (Å²) in [6, 6.07) is 16.2. The molecule has 0 amide bonds. The number of hydrogen-bond donors (Lipinski definition) is 2. The van der Waals surface area contributed by atoms with E-state index in [4.69, 9.17) is 12.2 Å². The number of nitrogens with zero attached hydrogens (tertiary/aromatic N) is 1. The van der Waals surface area contributed by atoms with Gasteiger partial charge in [-0.05, 0) is 50.2 Å². The number of para-hydroxylation sites is 1. The van der Waals surface area contributed by atoms with Crippen LogP contribution in [-0.4, -0.2) is 10.8 Å². The number of rotatable bonds is 3. The van der Waals surface area contributed by atoms with E-state index in [2.05, 4.69) is 34.9 Å². The zero-order valence-electron chi connectivity index (χ0n) is 12.5. The summed E-state index contributed by atoms with van der Waals surface area (Å²) < 4.78 is 0. The van der Waals surface area contributed by atoms with Gasteiger partial charge in [0.05, 0.1) is 5.71 Å². The van der Waals surface area contributed by atoms with E-state index >= 15 is 0 Å². The van der Waals surface area contributed by atoms with Crippen LogP contribution in [0.25, 0.3) is 0 Å². The Bertz CT molecular complexity index is 660. The minimum atomic E-state index is 0.482. The monoisotopic (exact) mass is 297 g/mol. The first kappa shape index (κ1) is 15.2. The Labute approximate surface area is 131 Å². The quantitative estimate of drug-likeness (QED) is 0.510. The van der Waals surface area contributed by atoms with Gasteiger partial charge in [-0.2, -0.15) is 5.10 Å². The van der Waals surface area contributed by atoms with E-state index in [0.29, 0.717) is 5.11 Å². The van der Waals surface area contributed by atoms with Crippen LogP contribution in [0.5, 0.6) is 0 Å². The lowest BCUT2D eigenvalue weighted by Gasteiger charge is -2.10. The maximum absolute atomic E-state index is 5.26. The molecule has 0 aliphatic rings. The number of benzene rings is 2. The molecule has 0 spiro atoms. The van der Waals surface area contributed by atoms with E-state index in [1.807, 2.05) is 50.2 Å². The van der Waals surface area contributed by atoms with E-state index < -0.39 is 0 Å². The highest BCUT2D eigenvalue weighted by Gasteiger charge is 2.00. The smallest absolute Gasteiger partial charge is 0.191 e. The minimum absolute atomic E-state index is 0.482. The van der Waals surface area contributed by atoms with Gasteiger partial charge >= 0.3 is 0 Å². The molecule has 108 valence electrons. The molecule has 0 aliphatic heterocycles. The van der Waals surface area contributed by atoms with Crippen LogP contribution in [0, 0.1) is 13.8 Å². The molecule has 0 fully saturated rings. The molecule has 0 saturated heterocycles. The Balaban J connectivity index is 1.98. The highest BCUT2D eigenvalue weighted by molar-refractivity contribution is 7.80. The standard InChI is InChI=1S/C17H19N3S/c1-12-8-10-15(11-9-12)14(3)19-20-17(21)18-16-7-5-4-6-13(16)2/h4-11H,1-3H3,(H2,18,20,21)/b19-14+. The predicted molar refractivity (Wildman–Crippen MR) is 93.9 cm³/mol. The summed E-state index contributed by atoms with van der Waals surface area (Å²) in [5.41, 5.74) is 8.20. The highest BCUT2D eigenvalue weighted by Crippen LogP contribution is 2.12. The molecule has 3 nitrogen and oxygen atoms in total. The van der Waals surface area contributed by atoms with Crippen LogP contribution < -0.4 is 10.7 Å². The first-order chi connectivity index (χ1) is 10.1. The average molecular weight is 297 g/mol. The highest BCUT2D eigenvalue weighted by atomic mass is 32.1. The second-order valence-corrected chi connectivity index (χ2v) is 5.35. The SMILES string of the molecule is C/C(=N\NC(=S)Nc1ccccc1C)c1ccc(C)cc1. The molecule has 0 bridgehead atoms. The average Bonchev–Trinajstić information content (AvgIpc) is 2.48. The van der Waals surface area contributed by atoms with Crippen LogP contribution in [0.2, 0.25) is 0 Å². The molecule has 0 aromatic heterocycles. The summed E-state index contributed by atoms with van der Waals surface area (Å²) in [6.45, 7) is 6.05. The number of hydrogen-bond acceptors (Lipinski definition) is 2. The fourth-order valence-corrected chi connectivity index (χ4v) is 2.01. The van der Waals surface area contributed by atoms with Crippen molar-refractivity contribution in [2.24, 2.45) is 5.10 Å². The molecule has 2 N–H and O–H groups in total. The van der Waals surface area contributed by atoms with Gasteiger partial charge in [0.2, 0.25) is 0 Å². The molecule has 2 aromatic rings. The van der Waals surface area contributed by atoms with Crippen molar-refractivity contribution < 1.29 is 0 Å². The Hall–Kier alpha value is -2.20. The van der Waals surface area contributed by atoms with Crippen molar-refractivity contribution in [2.45, 2.75) is 20.8 Å². The number of anilines is 1. The largest absolute Gasteiger partial charge is 0.331 e. The van der Waals surface area contributed by atoms with Crippen molar-refractivity contribution in [1.29, 1.82) is 0 Å². The Morgan fingerprint density at radius 1 is 1.00 bits per heavy atom. The fraction of sp³-hybridized carbons (Fsp3) is 0.176. The van der Waals surface area contributed by atoms with Gasteiger partial charge in [0.15, 0.2) is 5.11 Å². The fourth-order valence-electron chi connectivity index (χ4n) is 1.86. The van der Waals surface area contributed by atoms with Gasteiger partial charge < -0.3 is 5.32 Å². The topological polar surface area (TPSA) is 36.4 Å². The first-order valence-corrected chi connectivity index (χ1v) is 7.21. The second kappa shape index (κ2) is 6.99. The third-order valence-electron chi connectivity index (χ3n) is 3.19. The van der Waals surface area contributed by atoms with Crippen LogP contribution in [0.4, 0.5) is 5.69 Å². The summed E-state index contributed by atoms with van der Waals surface area (Å²) in [5.74, 6) is 0. The van der Waals surface area contributed by atoms with Crippen LogP contribution in [-0.2, 0) is 0 Å². The van der Waals surface area contributed by atoms with E-state index in [9.17, 15) is 0 Å². The van der Waals surface area contributed by atoms with Crippen LogP contribution in [0.15, 0.2) is 53.6 Å². The number of hydrazone groups is 1. The molecule has 0 aliphatic carbocycles. The van der Waals surface area contributed by atoms with Gasteiger partial charge in [-0.1, -0.05) is 48.0 Å². The molecule has 4 heteroatoms. The Morgan fingerprint density at radius 3 is 2.33 bits per heavy atom. The van der Waals surface area contributed by atoms with Gasteiger partial charge in [-0.25, -0.2) is 0 Å². The van der Waals surface area contributed by atoms with Crippen molar-refractivity contribution in [3.05, 3.63) is 65.2 Å². The summed E-state index contributed by atoms with van der Waals surface area (Å²) >= 11 is 5.26. The third-order valence-corrected chi connectivity index (χ3v) is 3.38. The summed E-state index contributed by atoms with van der Waals surface area (Å²) in [7, 11) is 0. The summed E-state index contributed by atoms with van der Waals surface area (Å²) in [5, 5.41) is 7.93. The molecule has 2 rings (SSSR count). The maximum atomic E-state index is 5.26. The molecule has 21 heavy (non-hydrogen) atoms. The van der Waals surface area contributed by atoms with Crippen molar-refractivity contribution in [1.82, 2.24) is 5.43 Å². The summed E-state index contributed by atoms with van der Waals surface area (Å²) in [6.07, 6.45) is 0. The molecule has 0 atom stereocenters.